The van der Waals surface area contributed by atoms with E-state index < -0.39 is 17.5 Å². The number of nitrogens with one attached hydrogen (secondary N) is 2. The summed E-state index contributed by atoms with van der Waals surface area (Å²) in [6.07, 6.45) is 1.65. The number of urea groups is 1. The first-order chi connectivity index (χ1) is 18.7. The summed E-state index contributed by atoms with van der Waals surface area (Å²) in [7, 11) is 0. The van der Waals surface area contributed by atoms with Crippen LogP contribution in [0, 0.1) is 24.6 Å². The van der Waals surface area contributed by atoms with Crippen LogP contribution in [0.15, 0.2) is 36.9 Å². The number of hydrogen-bond donors (Lipinski definition) is 2. The van der Waals surface area contributed by atoms with E-state index >= 15 is 4.39 Å². The van der Waals surface area contributed by atoms with Crippen LogP contribution in [0.3, 0.4) is 0 Å². The summed E-state index contributed by atoms with van der Waals surface area (Å²) in [6.45, 7) is 13.3. The monoisotopic (exact) mass is 529 g/mol. The number of likely N-dealkylation sites (N-methyl/N-ethyl adjacent to an activating group) is 1. The highest BCUT2D eigenvalue weighted by atomic mass is 19.1. The summed E-state index contributed by atoms with van der Waals surface area (Å²) in [5.74, 6) is 4.45. The average molecular weight is 530 g/mol. The van der Waals surface area contributed by atoms with Crippen molar-refractivity contribution in [2.24, 2.45) is 0 Å². The molecule has 3 aliphatic rings. The molecule has 5 rings (SSSR count). The van der Waals surface area contributed by atoms with Gasteiger partial charge in [0.2, 0.25) is 5.54 Å². The van der Waals surface area contributed by atoms with Gasteiger partial charge in [0, 0.05) is 50.4 Å². The molecule has 3 aliphatic heterocycles. The first kappa shape index (κ1) is 26.6. The van der Waals surface area contributed by atoms with Gasteiger partial charge in [-0.3, -0.25) is 19.8 Å². The van der Waals surface area contributed by atoms with Gasteiger partial charge in [-0.25, -0.2) is 9.18 Å². The Morgan fingerprint density at radius 3 is 2.49 bits per heavy atom. The molecule has 0 saturated carbocycles. The number of hydrogen-bond acceptors (Lipinski definition) is 5. The lowest BCUT2D eigenvalue weighted by Crippen LogP contribution is -2.54. The molecule has 2 saturated heterocycles. The Morgan fingerprint density at radius 2 is 1.85 bits per heavy atom. The second-order valence-electron chi connectivity index (χ2n) is 10.3. The molecule has 0 aliphatic carbocycles. The maximum absolute atomic E-state index is 15.0. The zero-order valence-electron chi connectivity index (χ0n) is 22.3. The summed E-state index contributed by atoms with van der Waals surface area (Å²) in [5, 5.41) is 4.83. The van der Waals surface area contributed by atoms with Crippen molar-refractivity contribution < 1.29 is 18.8 Å². The molecule has 3 heterocycles. The Hall–Kier alpha value is -4.00. The highest BCUT2D eigenvalue weighted by Crippen LogP contribution is 2.30. The average Bonchev–Trinajstić information content (AvgIpc) is 3.39. The number of benzene rings is 2. The molecule has 9 heteroatoms. The molecule has 1 unspecified atom stereocenters. The predicted octanol–water partition coefficient (Wildman–Crippen LogP) is 2.50. The molecule has 2 aromatic carbocycles. The minimum Gasteiger partial charge on any atom is -0.330 e. The lowest BCUT2D eigenvalue weighted by Gasteiger charge is -2.34. The number of rotatable bonds is 6. The highest BCUT2D eigenvalue weighted by Gasteiger charge is 2.48. The third-order valence-corrected chi connectivity index (χ3v) is 7.77. The van der Waals surface area contributed by atoms with Gasteiger partial charge in [-0.05, 0) is 42.3 Å². The number of piperazine rings is 1. The molecule has 39 heavy (non-hydrogen) atoms. The number of carbonyl (C=O) groups excluding carboxylic acids is 3. The van der Waals surface area contributed by atoms with Crippen LogP contribution in [-0.2, 0) is 17.9 Å². The van der Waals surface area contributed by atoms with Crippen molar-refractivity contribution >= 4 is 23.9 Å². The molecule has 0 spiro atoms. The van der Waals surface area contributed by atoms with Gasteiger partial charge in [-0.1, -0.05) is 49.6 Å². The van der Waals surface area contributed by atoms with Crippen molar-refractivity contribution in [1.82, 2.24) is 25.3 Å². The standard InChI is InChI=1S/C30H32FN5O3/c1-4-24-20(3)6-8-23-18-36(27(37)26(23)24)19-30(28(38)32-29(39)33-30)11-10-21-7-9-22(25(31)16-21)17-35-14-12-34(5-2)13-15-35/h4,6-9,16H,1,5,12-15,17-19H2,2-3H3,(H2,32,33,38,39). The van der Waals surface area contributed by atoms with E-state index in [1.807, 2.05) is 19.1 Å². The van der Waals surface area contributed by atoms with Crippen molar-refractivity contribution in [1.29, 1.82) is 0 Å². The molecule has 0 aromatic heterocycles. The largest absolute Gasteiger partial charge is 0.330 e. The molecule has 8 nitrogen and oxygen atoms in total. The van der Waals surface area contributed by atoms with E-state index in [1.165, 1.54) is 11.0 Å². The van der Waals surface area contributed by atoms with Gasteiger partial charge >= 0.3 is 6.03 Å². The zero-order chi connectivity index (χ0) is 27.7. The van der Waals surface area contributed by atoms with Crippen molar-refractivity contribution in [2.75, 3.05) is 39.3 Å². The van der Waals surface area contributed by atoms with Gasteiger partial charge in [0.25, 0.3) is 11.8 Å². The second kappa shape index (κ2) is 10.6. The fourth-order valence-electron chi connectivity index (χ4n) is 5.43. The second-order valence-corrected chi connectivity index (χ2v) is 10.3. The molecule has 2 fully saturated rings. The quantitative estimate of drug-likeness (QED) is 0.444. The molecule has 1 atom stereocenters. The SMILES string of the molecule is C=Cc1c(C)ccc2c1C(=O)N(CC1(C#Cc3ccc(CN4CCN(CC)CC4)c(F)c3)NC(=O)NC1=O)C2. The van der Waals surface area contributed by atoms with Crippen LogP contribution >= 0.6 is 0 Å². The van der Waals surface area contributed by atoms with E-state index in [9.17, 15) is 14.4 Å². The number of aryl methyl sites for hydroxylation is 1. The van der Waals surface area contributed by atoms with Gasteiger partial charge in [0.1, 0.15) is 5.82 Å². The van der Waals surface area contributed by atoms with Crippen molar-refractivity contribution in [3.8, 4) is 11.8 Å². The summed E-state index contributed by atoms with van der Waals surface area (Å²) in [5.41, 5.74) is 2.35. The Kier molecular flexibility index (Phi) is 7.25. The summed E-state index contributed by atoms with van der Waals surface area (Å²) in [4.78, 5) is 44.5. The number of nitrogens with zero attached hydrogens (tertiary/aromatic N) is 3. The smallest absolute Gasteiger partial charge is 0.323 e. The van der Waals surface area contributed by atoms with Crippen molar-refractivity contribution in [3.63, 3.8) is 0 Å². The van der Waals surface area contributed by atoms with E-state index in [4.69, 9.17) is 0 Å². The Bertz CT molecular complexity index is 1420. The molecular weight excluding hydrogens is 497 g/mol. The molecule has 2 aromatic rings. The van der Waals surface area contributed by atoms with Gasteiger partial charge in [0.15, 0.2) is 0 Å². The van der Waals surface area contributed by atoms with E-state index in [0.29, 0.717) is 23.2 Å². The fourth-order valence-corrected chi connectivity index (χ4v) is 5.43. The predicted molar refractivity (Wildman–Crippen MR) is 146 cm³/mol. The van der Waals surface area contributed by atoms with Crippen LogP contribution in [0.5, 0.6) is 0 Å². The normalized spacial score (nSPS) is 21.3. The van der Waals surface area contributed by atoms with E-state index in [0.717, 1.165) is 49.4 Å². The van der Waals surface area contributed by atoms with Crippen LogP contribution in [0.2, 0.25) is 0 Å². The lowest BCUT2D eigenvalue weighted by atomic mass is 9.98. The Balaban J connectivity index is 1.36. The van der Waals surface area contributed by atoms with Gasteiger partial charge in [0.05, 0.1) is 12.1 Å². The zero-order valence-corrected chi connectivity index (χ0v) is 22.3. The Morgan fingerprint density at radius 1 is 1.10 bits per heavy atom. The van der Waals surface area contributed by atoms with Crippen molar-refractivity contribution in [2.45, 2.75) is 32.5 Å². The lowest BCUT2D eigenvalue weighted by molar-refractivity contribution is -0.122. The first-order valence-electron chi connectivity index (χ1n) is 13.2. The van der Waals surface area contributed by atoms with Crippen LogP contribution in [0.1, 0.15) is 45.1 Å². The molecule has 4 amide bonds. The third kappa shape index (κ3) is 5.18. The third-order valence-electron chi connectivity index (χ3n) is 7.77. The highest BCUT2D eigenvalue weighted by molar-refractivity contribution is 6.10. The maximum atomic E-state index is 15.0. The number of imide groups is 1. The first-order valence-corrected chi connectivity index (χ1v) is 13.2. The fraction of sp³-hybridized carbons (Fsp3) is 0.367. The molecule has 202 valence electrons. The van der Waals surface area contributed by atoms with Gasteiger partial charge in [-0.2, -0.15) is 0 Å². The molecule has 2 N–H and O–H groups in total. The number of fused-ring (bicyclic) bond motifs is 1. The van der Waals surface area contributed by atoms with Gasteiger partial charge in [-0.15, -0.1) is 0 Å². The minimum atomic E-state index is -1.66. The van der Waals surface area contributed by atoms with Crippen LogP contribution in [-0.4, -0.2) is 77.4 Å². The van der Waals surface area contributed by atoms with Crippen LogP contribution < -0.4 is 10.6 Å². The van der Waals surface area contributed by atoms with E-state index in [-0.39, 0.29) is 24.8 Å². The summed E-state index contributed by atoms with van der Waals surface area (Å²) in [6, 6.07) is 7.90. The summed E-state index contributed by atoms with van der Waals surface area (Å²) >= 11 is 0. The van der Waals surface area contributed by atoms with Gasteiger partial charge < -0.3 is 15.1 Å². The maximum Gasteiger partial charge on any atom is 0.323 e. The number of carbonyl (C=O) groups is 3. The van der Waals surface area contributed by atoms with E-state index in [1.54, 1.807) is 18.2 Å². The van der Waals surface area contributed by atoms with Crippen molar-refractivity contribution in [3.05, 3.63) is 76.1 Å². The van der Waals surface area contributed by atoms with E-state index in [2.05, 4.69) is 45.8 Å². The number of amides is 4. The van der Waals surface area contributed by atoms with Crippen LogP contribution in [0.25, 0.3) is 6.08 Å². The minimum absolute atomic E-state index is 0.148. The molecular formula is C30H32FN5O3. The molecule has 0 radical (unpaired) electrons. The topological polar surface area (TPSA) is 85.0 Å². The van der Waals surface area contributed by atoms with Crippen LogP contribution in [0.4, 0.5) is 9.18 Å². The molecule has 0 bridgehead atoms. The summed E-state index contributed by atoms with van der Waals surface area (Å²) < 4.78 is 15.0. The number of halogens is 1. The Labute approximate surface area is 227 Å².